The van der Waals surface area contributed by atoms with Crippen molar-refractivity contribution in [1.82, 2.24) is 5.32 Å². The highest BCUT2D eigenvalue weighted by molar-refractivity contribution is 5.76. The molecule has 1 amide bonds. The lowest BCUT2D eigenvalue weighted by molar-refractivity contribution is -0.124. The van der Waals surface area contributed by atoms with E-state index in [1.165, 1.54) is 0 Å². The number of carbonyl (C=O) groups is 1. The summed E-state index contributed by atoms with van der Waals surface area (Å²) in [5.41, 5.74) is 0. The first-order valence-corrected chi connectivity index (χ1v) is 3.20. The minimum Gasteiger partial charge on any atom is -0.386 e. The van der Waals surface area contributed by atoms with Crippen LogP contribution in [0.4, 0.5) is 0 Å². The first kappa shape index (κ1) is 9.39. The van der Waals surface area contributed by atoms with Crippen LogP contribution in [0.15, 0.2) is 0 Å². The number of hydrogen-bond donors (Lipinski definition) is 1. The van der Waals surface area contributed by atoms with Crippen molar-refractivity contribution >= 4 is 5.91 Å². The van der Waals surface area contributed by atoms with Crippen molar-refractivity contribution in [3.8, 4) is 0 Å². The number of rotatable bonds is 5. The van der Waals surface area contributed by atoms with E-state index in [0.717, 1.165) is 0 Å². The largest absolute Gasteiger partial charge is 0.386 e. The number of aliphatic hydroxyl groups is 1. The van der Waals surface area contributed by atoms with Gasteiger partial charge in [-0.3, -0.25) is 4.79 Å². The standard InChI is InChI=1S/C6H12NO3/c1-2-10-4-3-7-6(9)5-8/h8H,2-5H2,1H3. The van der Waals surface area contributed by atoms with Gasteiger partial charge < -0.3 is 9.84 Å². The molecule has 0 aliphatic rings. The van der Waals surface area contributed by atoms with Crippen molar-refractivity contribution in [3.63, 3.8) is 0 Å². The Bertz CT molecular complexity index is 95.0. The van der Waals surface area contributed by atoms with E-state index < -0.39 is 12.5 Å². The third kappa shape index (κ3) is 5.53. The SMILES string of the molecule is CCOCC[N]C(=O)CO. The van der Waals surface area contributed by atoms with Gasteiger partial charge in [0, 0.05) is 6.61 Å². The quantitative estimate of drug-likeness (QED) is 0.514. The van der Waals surface area contributed by atoms with Gasteiger partial charge in [0.05, 0.1) is 13.2 Å². The van der Waals surface area contributed by atoms with Gasteiger partial charge in [-0.15, -0.1) is 0 Å². The summed E-state index contributed by atoms with van der Waals surface area (Å²) in [6.45, 7) is 2.78. The zero-order chi connectivity index (χ0) is 7.82. The summed E-state index contributed by atoms with van der Waals surface area (Å²) in [5.74, 6) is -0.486. The molecular weight excluding hydrogens is 134 g/mol. The van der Waals surface area contributed by atoms with Crippen LogP contribution in [0, 0.1) is 0 Å². The van der Waals surface area contributed by atoms with Gasteiger partial charge in [0.15, 0.2) is 0 Å². The van der Waals surface area contributed by atoms with E-state index >= 15 is 0 Å². The first-order chi connectivity index (χ1) is 4.81. The smallest absolute Gasteiger partial charge is 0.266 e. The molecule has 1 N–H and O–H groups in total. The van der Waals surface area contributed by atoms with Crippen molar-refractivity contribution in [2.75, 3.05) is 26.4 Å². The molecule has 0 saturated carbocycles. The van der Waals surface area contributed by atoms with Gasteiger partial charge in [0.25, 0.3) is 5.91 Å². The van der Waals surface area contributed by atoms with Gasteiger partial charge >= 0.3 is 0 Å². The average Bonchev–Trinajstić information content (AvgIpc) is 1.98. The number of hydrogen-bond acceptors (Lipinski definition) is 3. The van der Waals surface area contributed by atoms with E-state index in [1.807, 2.05) is 6.92 Å². The van der Waals surface area contributed by atoms with Gasteiger partial charge in [-0.05, 0) is 6.92 Å². The minimum absolute atomic E-state index is 0.341. The molecule has 0 aromatic heterocycles. The molecule has 0 aliphatic heterocycles. The lowest BCUT2D eigenvalue weighted by atomic mass is 10.6. The number of carbonyl (C=O) groups excluding carboxylic acids is 1. The third-order valence-corrected chi connectivity index (χ3v) is 0.863. The maximum absolute atomic E-state index is 10.3. The first-order valence-electron chi connectivity index (χ1n) is 3.20. The fraction of sp³-hybridized carbons (Fsp3) is 0.833. The van der Waals surface area contributed by atoms with Gasteiger partial charge in [-0.1, -0.05) is 0 Å². The molecule has 4 heteroatoms. The Morgan fingerprint density at radius 1 is 1.70 bits per heavy atom. The van der Waals surface area contributed by atoms with Crippen molar-refractivity contribution in [2.45, 2.75) is 6.92 Å². The second kappa shape index (κ2) is 6.51. The Morgan fingerprint density at radius 3 is 2.90 bits per heavy atom. The van der Waals surface area contributed by atoms with Crippen LogP contribution >= 0.6 is 0 Å². The van der Waals surface area contributed by atoms with E-state index in [9.17, 15) is 4.79 Å². The molecule has 10 heavy (non-hydrogen) atoms. The van der Waals surface area contributed by atoms with Crippen molar-refractivity contribution < 1.29 is 14.6 Å². The molecule has 0 aliphatic carbocycles. The summed E-state index contributed by atoms with van der Waals surface area (Å²) >= 11 is 0. The van der Waals surface area contributed by atoms with Gasteiger partial charge in [-0.25, -0.2) is 5.32 Å². The summed E-state index contributed by atoms with van der Waals surface area (Å²) in [5, 5.41) is 11.7. The molecular formula is C6H12NO3. The maximum atomic E-state index is 10.3. The Kier molecular flexibility index (Phi) is 6.11. The number of aliphatic hydroxyl groups excluding tert-OH is 1. The monoisotopic (exact) mass is 146 g/mol. The predicted molar refractivity (Wildman–Crippen MR) is 35.6 cm³/mol. The van der Waals surface area contributed by atoms with E-state index in [-0.39, 0.29) is 0 Å². The molecule has 0 aromatic carbocycles. The summed E-state index contributed by atoms with van der Waals surface area (Å²) in [7, 11) is 0. The van der Waals surface area contributed by atoms with Crippen LogP contribution in [0.1, 0.15) is 6.92 Å². The molecule has 0 fully saturated rings. The Hall–Kier alpha value is -0.610. The Labute approximate surface area is 60.2 Å². The van der Waals surface area contributed by atoms with Crippen LogP contribution < -0.4 is 5.32 Å². The van der Waals surface area contributed by atoms with Crippen LogP contribution in [-0.4, -0.2) is 37.4 Å². The molecule has 0 aromatic rings. The van der Waals surface area contributed by atoms with E-state index in [2.05, 4.69) is 5.32 Å². The fourth-order valence-electron chi connectivity index (χ4n) is 0.429. The molecule has 4 nitrogen and oxygen atoms in total. The zero-order valence-corrected chi connectivity index (χ0v) is 6.04. The van der Waals surface area contributed by atoms with Crippen LogP contribution in [0.5, 0.6) is 0 Å². The van der Waals surface area contributed by atoms with Gasteiger partial charge in [-0.2, -0.15) is 0 Å². The molecule has 0 rings (SSSR count). The number of ether oxygens (including phenoxy) is 1. The van der Waals surface area contributed by atoms with E-state index in [0.29, 0.717) is 19.8 Å². The summed E-state index contributed by atoms with van der Waals surface area (Å²) in [6, 6.07) is 0. The van der Waals surface area contributed by atoms with Crippen molar-refractivity contribution in [3.05, 3.63) is 0 Å². The summed E-state index contributed by atoms with van der Waals surface area (Å²) in [6.07, 6.45) is 0. The lowest BCUT2D eigenvalue weighted by Crippen LogP contribution is -2.22. The molecule has 0 atom stereocenters. The van der Waals surface area contributed by atoms with Crippen LogP contribution in [0.3, 0.4) is 0 Å². The average molecular weight is 146 g/mol. The molecule has 0 spiro atoms. The third-order valence-electron chi connectivity index (χ3n) is 0.863. The van der Waals surface area contributed by atoms with Crippen molar-refractivity contribution in [2.24, 2.45) is 0 Å². The summed E-state index contributed by atoms with van der Waals surface area (Å²) < 4.78 is 4.90. The number of nitrogens with zero attached hydrogens (tertiary/aromatic N) is 1. The van der Waals surface area contributed by atoms with Gasteiger partial charge in [0.2, 0.25) is 0 Å². The van der Waals surface area contributed by atoms with Gasteiger partial charge in [0.1, 0.15) is 6.61 Å². The maximum Gasteiger partial charge on any atom is 0.266 e. The summed E-state index contributed by atoms with van der Waals surface area (Å²) in [4.78, 5) is 10.3. The van der Waals surface area contributed by atoms with Crippen LogP contribution in [0.25, 0.3) is 0 Å². The molecule has 1 radical (unpaired) electrons. The molecule has 0 heterocycles. The topological polar surface area (TPSA) is 60.6 Å². The molecule has 0 saturated heterocycles. The Balaban J connectivity index is 2.96. The molecule has 0 bridgehead atoms. The Morgan fingerprint density at radius 2 is 2.40 bits per heavy atom. The normalized spacial score (nSPS) is 9.40. The minimum atomic E-state index is -0.508. The highest BCUT2D eigenvalue weighted by Crippen LogP contribution is 1.72. The van der Waals surface area contributed by atoms with E-state index in [1.54, 1.807) is 0 Å². The number of amides is 1. The predicted octanol–water partition coefficient (Wildman–Crippen LogP) is -0.854. The fourth-order valence-corrected chi connectivity index (χ4v) is 0.429. The molecule has 59 valence electrons. The van der Waals surface area contributed by atoms with Crippen LogP contribution in [0.2, 0.25) is 0 Å². The zero-order valence-electron chi connectivity index (χ0n) is 6.04. The van der Waals surface area contributed by atoms with E-state index in [4.69, 9.17) is 9.84 Å². The van der Waals surface area contributed by atoms with Crippen LogP contribution in [-0.2, 0) is 9.53 Å². The highest BCUT2D eigenvalue weighted by Gasteiger charge is 1.97. The van der Waals surface area contributed by atoms with Crippen molar-refractivity contribution in [1.29, 1.82) is 0 Å². The lowest BCUT2D eigenvalue weighted by Gasteiger charge is -1.98. The highest BCUT2D eigenvalue weighted by atomic mass is 16.5. The second-order valence-corrected chi connectivity index (χ2v) is 1.63. The molecule has 0 unspecified atom stereocenters. The second-order valence-electron chi connectivity index (χ2n) is 1.63.